The van der Waals surface area contributed by atoms with E-state index in [1.807, 2.05) is 24.3 Å². The Morgan fingerprint density at radius 3 is 2.47 bits per heavy atom. The Morgan fingerprint density at radius 1 is 0.833 bits per heavy atom. The van der Waals surface area contributed by atoms with Gasteiger partial charge in [-0.15, -0.1) is 11.3 Å². The molecule has 1 heterocycles. The Kier molecular flexibility index (Phi) is 3.93. The van der Waals surface area contributed by atoms with Crippen molar-refractivity contribution < 1.29 is 9.90 Å². The van der Waals surface area contributed by atoms with Gasteiger partial charge in [-0.1, -0.05) is 66.7 Å². The Bertz CT molecular complexity index is 1460. The van der Waals surface area contributed by atoms with E-state index in [1.54, 1.807) is 11.3 Å². The van der Waals surface area contributed by atoms with Crippen LogP contribution in [-0.2, 0) is 6.42 Å². The van der Waals surface area contributed by atoms with Crippen molar-refractivity contribution in [3.8, 4) is 0 Å². The standard InChI is InChI=1S/C27H20O2S/c28-27(29)25-23-8-3-4-11-24(23)30-26(25)22-10-5-9-18-20-13-12-16-6-1-2-7-17(16)19(20)14-15-21(18)22/h1-4,6-8,11-15,22H,5,9-10H2,(H,28,29). The Hall–Kier alpha value is -3.17. The smallest absolute Gasteiger partial charge is 0.337 e. The number of carboxylic acid groups (broad SMARTS) is 1. The summed E-state index contributed by atoms with van der Waals surface area (Å²) < 4.78 is 1.06. The van der Waals surface area contributed by atoms with Crippen molar-refractivity contribution in [2.75, 3.05) is 0 Å². The Balaban J connectivity index is 1.61. The molecule has 0 saturated heterocycles. The van der Waals surface area contributed by atoms with E-state index in [4.69, 9.17) is 0 Å². The molecular weight excluding hydrogens is 388 g/mol. The number of carbonyl (C=O) groups is 1. The number of aryl methyl sites for hydroxylation is 1. The molecule has 1 aromatic heterocycles. The van der Waals surface area contributed by atoms with E-state index in [0.29, 0.717) is 5.56 Å². The fourth-order valence-electron chi connectivity index (χ4n) is 5.21. The molecule has 0 aliphatic heterocycles. The van der Waals surface area contributed by atoms with Gasteiger partial charge in [-0.05, 0) is 58.0 Å². The molecule has 6 rings (SSSR count). The minimum absolute atomic E-state index is 0.146. The van der Waals surface area contributed by atoms with Gasteiger partial charge < -0.3 is 5.11 Å². The molecule has 4 aromatic carbocycles. The lowest BCUT2D eigenvalue weighted by Gasteiger charge is -2.27. The molecule has 1 aliphatic carbocycles. The molecular formula is C27H20O2S. The third-order valence-electron chi connectivity index (χ3n) is 6.52. The lowest BCUT2D eigenvalue weighted by atomic mass is 9.78. The highest BCUT2D eigenvalue weighted by atomic mass is 32.1. The van der Waals surface area contributed by atoms with Crippen LogP contribution in [0.3, 0.4) is 0 Å². The second-order valence-electron chi connectivity index (χ2n) is 8.10. The predicted molar refractivity (Wildman–Crippen MR) is 125 cm³/mol. The van der Waals surface area contributed by atoms with Crippen molar-refractivity contribution in [1.29, 1.82) is 0 Å². The van der Waals surface area contributed by atoms with E-state index in [9.17, 15) is 9.90 Å². The molecule has 0 amide bonds. The SMILES string of the molecule is O=C(O)c1c(C2CCCc3c2ccc2c3ccc3ccccc32)sc2ccccc12. The van der Waals surface area contributed by atoms with Crippen LogP contribution in [0.15, 0.2) is 72.8 Å². The molecule has 1 unspecified atom stereocenters. The van der Waals surface area contributed by atoms with Crippen LogP contribution in [0, 0.1) is 0 Å². The van der Waals surface area contributed by atoms with Crippen LogP contribution in [0.5, 0.6) is 0 Å². The maximum absolute atomic E-state index is 12.2. The first-order chi connectivity index (χ1) is 14.7. The minimum Gasteiger partial charge on any atom is -0.478 e. The quantitative estimate of drug-likeness (QED) is 0.310. The number of aromatic carboxylic acids is 1. The summed E-state index contributed by atoms with van der Waals surface area (Å²) in [5, 5.41) is 16.0. The lowest BCUT2D eigenvalue weighted by Crippen LogP contribution is -2.13. The molecule has 146 valence electrons. The molecule has 1 atom stereocenters. The summed E-state index contributed by atoms with van der Waals surface area (Å²) in [7, 11) is 0. The molecule has 3 heteroatoms. The zero-order valence-corrected chi connectivity index (χ0v) is 17.2. The molecule has 2 nitrogen and oxygen atoms in total. The van der Waals surface area contributed by atoms with E-state index in [-0.39, 0.29) is 5.92 Å². The van der Waals surface area contributed by atoms with Crippen LogP contribution in [0.4, 0.5) is 0 Å². The van der Waals surface area contributed by atoms with E-state index in [0.717, 1.165) is 34.2 Å². The minimum atomic E-state index is -0.818. The van der Waals surface area contributed by atoms with Crippen LogP contribution < -0.4 is 0 Å². The van der Waals surface area contributed by atoms with Gasteiger partial charge in [0.15, 0.2) is 0 Å². The maximum atomic E-state index is 12.2. The van der Waals surface area contributed by atoms with Crippen LogP contribution in [0.25, 0.3) is 31.6 Å². The van der Waals surface area contributed by atoms with Crippen molar-refractivity contribution in [2.45, 2.75) is 25.2 Å². The van der Waals surface area contributed by atoms with Gasteiger partial charge in [0, 0.05) is 20.9 Å². The topological polar surface area (TPSA) is 37.3 Å². The average Bonchev–Trinajstić information content (AvgIpc) is 3.18. The molecule has 0 bridgehead atoms. The van der Waals surface area contributed by atoms with Crippen molar-refractivity contribution in [2.24, 2.45) is 0 Å². The summed E-state index contributed by atoms with van der Waals surface area (Å²) in [4.78, 5) is 13.2. The first-order valence-corrected chi connectivity index (χ1v) is 11.2. The number of benzene rings is 4. The normalized spacial score (nSPS) is 16.2. The summed E-state index contributed by atoms with van der Waals surface area (Å²) in [5.41, 5.74) is 3.19. The highest BCUT2D eigenvalue weighted by Gasteiger charge is 2.30. The molecule has 5 aromatic rings. The zero-order chi connectivity index (χ0) is 20.2. The fourth-order valence-corrected chi connectivity index (χ4v) is 6.56. The zero-order valence-electron chi connectivity index (χ0n) is 16.4. The number of rotatable bonds is 2. The highest BCUT2D eigenvalue weighted by Crippen LogP contribution is 2.46. The van der Waals surface area contributed by atoms with Crippen LogP contribution >= 0.6 is 11.3 Å². The third kappa shape index (κ3) is 2.52. The lowest BCUT2D eigenvalue weighted by molar-refractivity contribution is 0.0698. The summed E-state index contributed by atoms with van der Waals surface area (Å²) in [6, 6.07) is 25.4. The predicted octanol–water partition coefficient (Wildman–Crippen LogP) is 7.37. The number of thiophene rings is 1. The Labute approximate surface area is 178 Å². The molecule has 0 spiro atoms. The average molecular weight is 409 g/mol. The molecule has 30 heavy (non-hydrogen) atoms. The van der Waals surface area contributed by atoms with Gasteiger partial charge in [0.05, 0.1) is 5.56 Å². The van der Waals surface area contributed by atoms with Crippen molar-refractivity contribution >= 4 is 48.9 Å². The molecule has 1 aliphatic rings. The van der Waals surface area contributed by atoms with Gasteiger partial charge in [0.1, 0.15) is 0 Å². The summed E-state index contributed by atoms with van der Waals surface area (Å²) >= 11 is 1.65. The van der Waals surface area contributed by atoms with Gasteiger partial charge >= 0.3 is 5.97 Å². The number of fused-ring (bicyclic) bond motifs is 6. The molecule has 0 saturated carbocycles. The van der Waals surface area contributed by atoms with Crippen molar-refractivity contribution in [1.82, 2.24) is 0 Å². The second kappa shape index (κ2) is 6.68. The summed E-state index contributed by atoms with van der Waals surface area (Å²) in [6.45, 7) is 0. The largest absolute Gasteiger partial charge is 0.478 e. The van der Waals surface area contributed by atoms with Crippen LogP contribution in [-0.4, -0.2) is 11.1 Å². The molecule has 1 N–H and O–H groups in total. The molecule has 0 radical (unpaired) electrons. The first-order valence-electron chi connectivity index (χ1n) is 10.4. The van der Waals surface area contributed by atoms with Crippen molar-refractivity contribution in [3.05, 3.63) is 94.4 Å². The number of hydrogen-bond acceptors (Lipinski definition) is 2. The third-order valence-corrected chi connectivity index (χ3v) is 7.81. The molecule has 0 fully saturated rings. The summed E-state index contributed by atoms with van der Waals surface area (Å²) in [5.74, 6) is -0.672. The monoisotopic (exact) mass is 408 g/mol. The van der Waals surface area contributed by atoms with E-state index < -0.39 is 5.97 Å². The van der Waals surface area contributed by atoms with Gasteiger partial charge in [0.2, 0.25) is 0 Å². The van der Waals surface area contributed by atoms with Gasteiger partial charge in [-0.2, -0.15) is 0 Å². The van der Waals surface area contributed by atoms with Gasteiger partial charge in [-0.25, -0.2) is 4.79 Å². The second-order valence-corrected chi connectivity index (χ2v) is 9.19. The number of carboxylic acids is 1. The van der Waals surface area contributed by atoms with Crippen molar-refractivity contribution in [3.63, 3.8) is 0 Å². The van der Waals surface area contributed by atoms with Crippen LogP contribution in [0.2, 0.25) is 0 Å². The summed E-state index contributed by atoms with van der Waals surface area (Å²) in [6.07, 6.45) is 3.13. The van der Waals surface area contributed by atoms with E-state index in [2.05, 4.69) is 48.5 Å². The fraction of sp³-hybridized carbons (Fsp3) is 0.148. The van der Waals surface area contributed by atoms with E-state index >= 15 is 0 Å². The first kappa shape index (κ1) is 17.7. The van der Waals surface area contributed by atoms with Gasteiger partial charge in [0.25, 0.3) is 0 Å². The van der Waals surface area contributed by atoms with Crippen LogP contribution in [0.1, 0.15) is 45.1 Å². The highest BCUT2D eigenvalue weighted by molar-refractivity contribution is 7.19. The van der Waals surface area contributed by atoms with E-state index in [1.165, 1.54) is 32.7 Å². The maximum Gasteiger partial charge on any atom is 0.337 e. The van der Waals surface area contributed by atoms with Gasteiger partial charge in [-0.3, -0.25) is 0 Å². The number of hydrogen-bond donors (Lipinski definition) is 1. The Morgan fingerprint density at radius 2 is 1.60 bits per heavy atom.